The molecule has 0 aromatic heterocycles. The summed E-state index contributed by atoms with van der Waals surface area (Å²) in [4.78, 5) is 14.1. The first-order chi connectivity index (χ1) is 9.70. The van der Waals surface area contributed by atoms with E-state index in [4.69, 9.17) is 9.47 Å². The second-order valence-electron chi connectivity index (χ2n) is 5.73. The number of ether oxygens (including phenoxy) is 2. The maximum absolute atomic E-state index is 12.2. The number of hydrogen-bond donors (Lipinski definition) is 0. The van der Waals surface area contributed by atoms with Crippen LogP contribution in [-0.4, -0.2) is 49.3 Å². The molecule has 2 heterocycles. The molecular weight excluding hydrogens is 254 g/mol. The molecule has 0 aromatic carbocycles. The van der Waals surface area contributed by atoms with E-state index >= 15 is 0 Å². The Kier molecular flexibility index (Phi) is 6.05. The van der Waals surface area contributed by atoms with Crippen molar-refractivity contribution in [3.63, 3.8) is 0 Å². The van der Waals surface area contributed by atoms with E-state index in [0.29, 0.717) is 12.2 Å². The van der Waals surface area contributed by atoms with Gasteiger partial charge in [0.25, 0.3) is 0 Å². The molecule has 0 unspecified atom stereocenters. The zero-order chi connectivity index (χ0) is 14.4. The van der Waals surface area contributed by atoms with E-state index < -0.39 is 0 Å². The molecule has 0 atom stereocenters. The third kappa shape index (κ3) is 4.32. The lowest BCUT2D eigenvalue weighted by Gasteiger charge is -2.35. The Hall–Kier alpha value is -0.870. The fourth-order valence-corrected chi connectivity index (χ4v) is 2.92. The maximum Gasteiger partial charge on any atom is 0.249 e. The molecule has 2 aliphatic heterocycles. The van der Waals surface area contributed by atoms with E-state index in [1.165, 1.54) is 0 Å². The van der Waals surface area contributed by atoms with Crippen molar-refractivity contribution < 1.29 is 14.3 Å². The summed E-state index contributed by atoms with van der Waals surface area (Å²) >= 11 is 0. The lowest BCUT2D eigenvalue weighted by Crippen LogP contribution is -2.42. The zero-order valence-corrected chi connectivity index (χ0v) is 12.8. The molecule has 0 aromatic rings. The van der Waals surface area contributed by atoms with Crippen molar-refractivity contribution in [1.82, 2.24) is 4.90 Å². The predicted octanol–water partition coefficient (Wildman–Crippen LogP) is 2.53. The van der Waals surface area contributed by atoms with Crippen molar-refractivity contribution >= 4 is 5.91 Å². The molecule has 20 heavy (non-hydrogen) atoms. The number of carbonyl (C=O) groups is 1. The van der Waals surface area contributed by atoms with Crippen molar-refractivity contribution in [3.8, 4) is 0 Å². The molecule has 0 saturated carbocycles. The largest absolute Gasteiger partial charge is 0.381 e. The second kappa shape index (κ2) is 7.79. The highest BCUT2D eigenvalue weighted by Crippen LogP contribution is 2.20. The van der Waals surface area contributed by atoms with Crippen molar-refractivity contribution in [2.45, 2.75) is 58.2 Å². The molecule has 1 amide bonds. The van der Waals surface area contributed by atoms with E-state index in [1.807, 2.05) is 17.9 Å². The quantitative estimate of drug-likeness (QED) is 0.743. The van der Waals surface area contributed by atoms with Crippen LogP contribution in [0.1, 0.15) is 46.0 Å². The highest BCUT2D eigenvalue weighted by Gasteiger charge is 2.26. The highest BCUT2D eigenvalue weighted by atomic mass is 16.5. The van der Waals surface area contributed by atoms with Crippen LogP contribution >= 0.6 is 0 Å². The van der Waals surface area contributed by atoms with Crippen LogP contribution in [-0.2, 0) is 14.3 Å². The number of amides is 1. The third-order valence-corrected chi connectivity index (χ3v) is 4.13. The van der Waals surface area contributed by atoms with Gasteiger partial charge in [0.2, 0.25) is 5.91 Å². The smallest absolute Gasteiger partial charge is 0.249 e. The minimum atomic E-state index is 0.191. The van der Waals surface area contributed by atoms with Gasteiger partial charge in [0, 0.05) is 31.9 Å². The van der Waals surface area contributed by atoms with Crippen LogP contribution in [0.15, 0.2) is 11.6 Å². The molecule has 4 nitrogen and oxygen atoms in total. The van der Waals surface area contributed by atoms with E-state index in [0.717, 1.165) is 64.0 Å². The topological polar surface area (TPSA) is 38.8 Å². The Morgan fingerprint density at radius 1 is 1.20 bits per heavy atom. The predicted molar refractivity (Wildman–Crippen MR) is 78.6 cm³/mol. The summed E-state index contributed by atoms with van der Waals surface area (Å²) in [6, 6.07) is 0. The van der Waals surface area contributed by atoms with Gasteiger partial charge in [0.15, 0.2) is 0 Å². The Labute approximate surface area is 122 Å². The van der Waals surface area contributed by atoms with Gasteiger partial charge in [-0.05, 0) is 39.0 Å². The lowest BCUT2D eigenvalue weighted by atomic mass is 10.1. The minimum Gasteiger partial charge on any atom is -0.381 e. The van der Waals surface area contributed by atoms with Crippen molar-refractivity contribution in [1.29, 1.82) is 0 Å². The molecule has 2 aliphatic rings. The van der Waals surface area contributed by atoms with Crippen LogP contribution in [0.5, 0.6) is 0 Å². The van der Waals surface area contributed by atoms with Crippen LogP contribution < -0.4 is 0 Å². The van der Waals surface area contributed by atoms with Crippen LogP contribution in [0.25, 0.3) is 0 Å². The van der Waals surface area contributed by atoms with Gasteiger partial charge in [-0.2, -0.15) is 0 Å². The number of carbonyl (C=O) groups excluding carboxylic acids is 1. The van der Waals surface area contributed by atoms with Gasteiger partial charge in [-0.1, -0.05) is 13.0 Å². The van der Waals surface area contributed by atoms with Crippen molar-refractivity contribution in [3.05, 3.63) is 11.6 Å². The Balaban J connectivity index is 1.74. The van der Waals surface area contributed by atoms with Crippen LogP contribution in [0.3, 0.4) is 0 Å². The van der Waals surface area contributed by atoms with Gasteiger partial charge >= 0.3 is 0 Å². The summed E-state index contributed by atoms with van der Waals surface area (Å²) in [6.45, 7) is 7.26. The summed E-state index contributed by atoms with van der Waals surface area (Å²) in [7, 11) is 0. The molecule has 4 heteroatoms. The summed E-state index contributed by atoms with van der Waals surface area (Å²) in [5, 5.41) is 0. The van der Waals surface area contributed by atoms with E-state index in [9.17, 15) is 4.79 Å². The lowest BCUT2D eigenvalue weighted by molar-refractivity contribution is -0.131. The first-order valence-electron chi connectivity index (χ1n) is 7.90. The number of nitrogens with zero attached hydrogens (tertiary/aromatic N) is 1. The summed E-state index contributed by atoms with van der Waals surface area (Å²) in [5.74, 6) is 0.191. The van der Waals surface area contributed by atoms with Gasteiger partial charge < -0.3 is 14.4 Å². The summed E-state index contributed by atoms with van der Waals surface area (Å²) in [5.41, 5.74) is 0.872. The fraction of sp³-hybridized carbons (Fsp3) is 0.812. The third-order valence-electron chi connectivity index (χ3n) is 4.13. The van der Waals surface area contributed by atoms with Crippen LogP contribution in [0.4, 0.5) is 0 Å². The monoisotopic (exact) mass is 281 g/mol. The normalized spacial score (nSPS) is 23.1. The number of likely N-dealkylation sites (tertiary alicyclic amines) is 1. The minimum absolute atomic E-state index is 0.191. The molecular formula is C16H27NO3. The van der Waals surface area contributed by atoms with Crippen molar-refractivity contribution in [2.24, 2.45) is 0 Å². The first-order valence-corrected chi connectivity index (χ1v) is 7.90. The Morgan fingerprint density at radius 2 is 1.80 bits per heavy atom. The SMILES string of the molecule is CC/C=C(/C)C(=O)N1CCC(OC2CCOCC2)CC1. The maximum atomic E-state index is 12.2. The Bertz CT molecular complexity index is 340. The van der Waals surface area contributed by atoms with E-state index in [2.05, 4.69) is 6.92 Å². The summed E-state index contributed by atoms with van der Waals surface area (Å²) in [6.07, 6.45) is 7.55. The van der Waals surface area contributed by atoms with Gasteiger partial charge in [0.1, 0.15) is 0 Å². The molecule has 2 saturated heterocycles. The first kappa shape index (κ1) is 15.5. The molecule has 114 valence electrons. The molecule has 0 bridgehead atoms. The number of hydrogen-bond acceptors (Lipinski definition) is 3. The van der Waals surface area contributed by atoms with E-state index in [1.54, 1.807) is 0 Å². The Morgan fingerprint density at radius 3 is 2.40 bits per heavy atom. The van der Waals surface area contributed by atoms with Gasteiger partial charge in [-0.15, -0.1) is 0 Å². The molecule has 0 N–H and O–H groups in total. The van der Waals surface area contributed by atoms with Gasteiger partial charge in [-0.25, -0.2) is 0 Å². The highest BCUT2D eigenvalue weighted by molar-refractivity contribution is 5.92. The fourth-order valence-electron chi connectivity index (χ4n) is 2.92. The van der Waals surface area contributed by atoms with Crippen molar-refractivity contribution in [2.75, 3.05) is 26.3 Å². The average Bonchev–Trinajstić information content (AvgIpc) is 2.48. The molecule has 2 rings (SSSR count). The van der Waals surface area contributed by atoms with Crippen LogP contribution in [0, 0.1) is 0 Å². The van der Waals surface area contributed by atoms with Gasteiger partial charge in [-0.3, -0.25) is 4.79 Å². The van der Waals surface area contributed by atoms with E-state index in [-0.39, 0.29) is 5.91 Å². The van der Waals surface area contributed by atoms with Gasteiger partial charge in [0.05, 0.1) is 12.2 Å². The zero-order valence-electron chi connectivity index (χ0n) is 12.8. The molecule has 2 fully saturated rings. The second-order valence-corrected chi connectivity index (χ2v) is 5.73. The van der Waals surface area contributed by atoms with Crippen LogP contribution in [0.2, 0.25) is 0 Å². The molecule has 0 spiro atoms. The standard InChI is InChI=1S/C16H27NO3/c1-3-4-13(2)16(18)17-9-5-14(6-10-17)20-15-7-11-19-12-8-15/h4,14-15H,3,5-12H2,1-2H3/b13-4-. The molecule has 0 radical (unpaired) electrons. The summed E-state index contributed by atoms with van der Waals surface area (Å²) < 4.78 is 11.5. The number of allylic oxidation sites excluding steroid dienone is 1. The number of rotatable bonds is 4. The number of piperidine rings is 1. The average molecular weight is 281 g/mol. The molecule has 0 aliphatic carbocycles.